The van der Waals surface area contributed by atoms with Gasteiger partial charge in [0.2, 0.25) is 10.0 Å². The molecule has 3 heterocycles. The molecule has 190 valence electrons. The molecular weight excluding hydrogens is 484 g/mol. The van der Waals surface area contributed by atoms with Crippen molar-refractivity contribution in [3.05, 3.63) is 45.8 Å². The van der Waals surface area contributed by atoms with Gasteiger partial charge in [-0.3, -0.25) is 9.59 Å². The molecule has 1 aromatic carbocycles. The molecule has 8 nitrogen and oxygen atoms in total. The number of piperidine rings is 1. The zero-order valence-corrected chi connectivity index (χ0v) is 22.3. The highest BCUT2D eigenvalue weighted by molar-refractivity contribution is 7.89. The second-order valence-electron chi connectivity index (χ2n) is 9.12. The van der Waals surface area contributed by atoms with Crippen molar-refractivity contribution in [3.8, 4) is 0 Å². The van der Waals surface area contributed by atoms with E-state index in [1.807, 2.05) is 20.9 Å². The molecule has 0 bridgehead atoms. The summed E-state index contributed by atoms with van der Waals surface area (Å²) in [4.78, 5) is 31.8. The van der Waals surface area contributed by atoms with Crippen LogP contribution in [0.15, 0.2) is 29.2 Å². The number of sulfonamides is 1. The molecule has 1 saturated heterocycles. The van der Waals surface area contributed by atoms with E-state index in [9.17, 15) is 18.0 Å². The van der Waals surface area contributed by atoms with Crippen molar-refractivity contribution in [1.29, 1.82) is 0 Å². The number of nitrogens with one attached hydrogen (secondary N) is 1. The maximum absolute atomic E-state index is 13.4. The fraction of sp³-hybridized carbons (Fsp3) is 0.520. The molecule has 0 saturated carbocycles. The normalized spacial score (nSPS) is 17.1. The highest BCUT2D eigenvalue weighted by Crippen LogP contribution is 2.38. The van der Waals surface area contributed by atoms with E-state index in [0.29, 0.717) is 42.3 Å². The predicted octanol–water partition coefficient (Wildman–Crippen LogP) is 3.64. The minimum atomic E-state index is -3.56. The molecule has 2 aliphatic rings. The van der Waals surface area contributed by atoms with Gasteiger partial charge in [-0.15, -0.1) is 11.3 Å². The first kappa shape index (κ1) is 25.8. The van der Waals surface area contributed by atoms with Crippen molar-refractivity contribution in [1.82, 2.24) is 14.1 Å². The first-order valence-electron chi connectivity index (χ1n) is 12.3. The van der Waals surface area contributed by atoms with Crippen molar-refractivity contribution in [2.75, 3.05) is 45.1 Å². The Hall–Kier alpha value is -2.27. The second kappa shape index (κ2) is 10.8. The van der Waals surface area contributed by atoms with E-state index < -0.39 is 10.0 Å². The minimum absolute atomic E-state index is 0.0599. The third-order valence-corrected chi connectivity index (χ3v) is 9.85. The lowest BCUT2D eigenvalue weighted by Gasteiger charge is -2.25. The van der Waals surface area contributed by atoms with Gasteiger partial charge in [-0.1, -0.05) is 6.42 Å². The molecule has 4 rings (SSSR count). The molecular formula is C25H34N4O4S2. The number of hydrogen-bond acceptors (Lipinski definition) is 6. The lowest BCUT2D eigenvalue weighted by Crippen LogP contribution is -2.35. The van der Waals surface area contributed by atoms with Crippen LogP contribution in [-0.2, 0) is 23.0 Å². The van der Waals surface area contributed by atoms with Crippen LogP contribution >= 0.6 is 11.3 Å². The molecule has 0 aliphatic carbocycles. The van der Waals surface area contributed by atoms with Gasteiger partial charge < -0.3 is 15.1 Å². The maximum Gasteiger partial charge on any atom is 0.257 e. The molecule has 0 unspecified atom stereocenters. The second-order valence-corrected chi connectivity index (χ2v) is 12.2. The van der Waals surface area contributed by atoms with Crippen LogP contribution in [-0.4, -0.2) is 74.1 Å². The molecule has 0 spiro atoms. The number of thiophene rings is 1. The molecule has 0 atom stereocenters. The van der Waals surface area contributed by atoms with E-state index in [1.54, 1.807) is 17.0 Å². The summed E-state index contributed by atoms with van der Waals surface area (Å²) in [5.41, 5.74) is 1.98. The maximum atomic E-state index is 13.4. The van der Waals surface area contributed by atoms with Crippen LogP contribution in [0.25, 0.3) is 0 Å². The molecule has 2 aromatic rings. The number of likely N-dealkylation sites (N-methyl/N-ethyl adjacent to an activating group) is 1. The van der Waals surface area contributed by atoms with E-state index in [1.165, 1.54) is 27.8 Å². The predicted molar refractivity (Wildman–Crippen MR) is 139 cm³/mol. The standard InChI is InChI=1S/C25H34N4O4S2/c1-4-28(5-2)25(31)22-20-13-16-27(3)17-21(20)34-24(22)26-23(30)18-9-11-19(12-10-18)35(32,33)29-14-7-6-8-15-29/h9-12H,4-8,13-17H2,1-3H3,(H,26,30). The van der Waals surface area contributed by atoms with E-state index in [0.717, 1.165) is 49.2 Å². The summed E-state index contributed by atoms with van der Waals surface area (Å²) in [7, 11) is -1.51. The summed E-state index contributed by atoms with van der Waals surface area (Å²) < 4.78 is 27.4. The largest absolute Gasteiger partial charge is 0.339 e. The smallest absolute Gasteiger partial charge is 0.257 e. The minimum Gasteiger partial charge on any atom is -0.339 e. The zero-order valence-electron chi connectivity index (χ0n) is 20.7. The lowest BCUT2D eigenvalue weighted by atomic mass is 10.0. The topological polar surface area (TPSA) is 90.0 Å². The highest BCUT2D eigenvalue weighted by atomic mass is 32.2. The van der Waals surface area contributed by atoms with Gasteiger partial charge in [0, 0.05) is 49.7 Å². The first-order chi connectivity index (χ1) is 16.8. The number of fused-ring (bicyclic) bond motifs is 1. The SMILES string of the molecule is CCN(CC)C(=O)c1c(NC(=O)c2ccc(S(=O)(=O)N3CCCCC3)cc2)sc2c1CCN(C)C2. The molecule has 10 heteroatoms. The van der Waals surface area contributed by atoms with Crippen LogP contribution in [0.2, 0.25) is 0 Å². The Morgan fingerprint density at radius 3 is 2.31 bits per heavy atom. The van der Waals surface area contributed by atoms with Crippen molar-refractivity contribution < 1.29 is 18.0 Å². The number of hydrogen-bond donors (Lipinski definition) is 1. The summed E-state index contributed by atoms with van der Waals surface area (Å²) in [5, 5.41) is 3.52. The average Bonchev–Trinajstić information content (AvgIpc) is 3.21. The van der Waals surface area contributed by atoms with Gasteiger partial charge in [-0.05, 0) is 70.0 Å². The zero-order chi connectivity index (χ0) is 25.2. The van der Waals surface area contributed by atoms with Crippen molar-refractivity contribution in [3.63, 3.8) is 0 Å². The third kappa shape index (κ3) is 5.30. The number of carbonyl (C=O) groups excluding carboxylic acids is 2. The van der Waals surface area contributed by atoms with Gasteiger partial charge in [-0.25, -0.2) is 8.42 Å². The lowest BCUT2D eigenvalue weighted by molar-refractivity contribution is 0.0772. The Labute approximate surface area is 212 Å². The van der Waals surface area contributed by atoms with Gasteiger partial charge in [0.05, 0.1) is 10.5 Å². The van der Waals surface area contributed by atoms with Crippen LogP contribution in [0.5, 0.6) is 0 Å². The average molecular weight is 519 g/mol. The van der Waals surface area contributed by atoms with Gasteiger partial charge in [0.15, 0.2) is 0 Å². The number of benzene rings is 1. The molecule has 2 aliphatic heterocycles. The molecule has 2 amide bonds. The van der Waals surface area contributed by atoms with E-state index in [-0.39, 0.29) is 16.7 Å². The molecule has 0 radical (unpaired) electrons. The highest BCUT2D eigenvalue weighted by Gasteiger charge is 2.30. The summed E-state index contributed by atoms with van der Waals surface area (Å²) in [6, 6.07) is 6.07. The van der Waals surface area contributed by atoms with Gasteiger partial charge in [0.25, 0.3) is 11.8 Å². The molecule has 35 heavy (non-hydrogen) atoms. The number of anilines is 1. The number of amides is 2. The van der Waals surface area contributed by atoms with Gasteiger partial charge in [-0.2, -0.15) is 4.31 Å². The Morgan fingerprint density at radius 1 is 1.03 bits per heavy atom. The Morgan fingerprint density at radius 2 is 1.69 bits per heavy atom. The van der Waals surface area contributed by atoms with Crippen molar-refractivity contribution in [2.45, 2.75) is 51.0 Å². The number of rotatable bonds is 7. The van der Waals surface area contributed by atoms with Crippen LogP contribution < -0.4 is 5.32 Å². The van der Waals surface area contributed by atoms with Gasteiger partial charge in [0.1, 0.15) is 5.00 Å². The van der Waals surface area contributed by atoms with Crippen LogP contribution in [0.1, 0.15) is 64.3 Å². The van der Waals surface area contributed by atoms with E-state index in [2.05, 4.69) is 10.2 Å². The van der Waals surface area contributed by atoms with Crippen molar-refractivity contribution >= 4 is 38.2 Å². The summed E-state index contributed by atoms with van der Waals surface area (Å²) in [6.45, 7) is 7.77. The van der Waals surface area contributed by atoms with Crippen molar-refractivity contribution in [2.24, 2.45) is 0 Å². The number of carbonyl (C=O) groups is 2. The van der Waals surface area contributed by atoms with E-state index in [4.69, 9.17) is 0 Å². The third-order valence-electron chi connectivity index (χ3n) is 6.81. The monoisotopic (exact) mass is 518 g/mol. The van der Waals surface area contributed by atoms with Crippen LogP contribution in [0.3, 0.4) is 0 Å². The Bertz CT molecular complexity index is 1180. The fourth-order valence-electron chi connectivity index (χ4n) is 4.72. The van der Waals surface area contributed by atoms with Gasteiger partial charge >= 0.3 is 0 Å². The molecule has 1 fully saturated rings. The molecule has 1 N–H and O–H groups in total. The Balaban J connectivity index is 1.58. The van der Waals surface area contributed by atoms with E-state index >= 15 is 0 Å². The Kier molecular flexibility index (Phi) is 7.95. The summed E-state index contributed by atoms with van der Waals surface area (Å²) in [6.07, 6.45) is 3.56. The number of nitrogens with zero attached hydrogens (tertiary/aromatic N) is 3. The summed E-state index contributed by atoms with van der Waals surface area (Å²) in [5.74, 6) is -0.414. The quantitative estimate of drug-likeness (QED) is 0.604. The van der Waals surface area contributed by atoms with Crippen LogP contribution in [0, 0.1) is 0 Å². The molecule has 1 aromatic heterocycles. The fourth-order valence-corrected chi connectivity index (χ4v) is 7.55. The first-order valence-corrected chi connectivity index (χ1v) is 14.6. The summed E-state index contributed by atoms with van der Waals surface area (Å²) >= 11 is 1.46. The van der Waals surface area contributed by atoms with Crippen LogP contribution in [0.4, 0.5) is 5.00 Å².